The molecule has 0 heterocycles. The Morgan fingerprint density at radius 1 is 1.14 bits per heavy atom. The molecule has 2 nitrogen and oxygen atoms in total. The van der Waals surface area contributed by atoms with Crippen LogP contribution in [0.15, 0.2) is 36.4 Å². The molecule has 4 heteroatoms. The lowest BCUT2D eigenvalue weighted by Crippen LogP contribution is -2.34. The fourth-order valence-corrected chi connectivity index (χ4v) is 3.63. The van der Waals surface area contributed by atoms with E-state index in [-0.39, 0.29) is 12.1 Å². The zero-order valence-electron chi connectivity index (χ0n) is 12.9. The summed E-state index contributed by atoms with van der Waals surface area (Å²) in [5, 5.41) is 1.38. The van der Waals surface area contributed by atoms with Crippen molar-refractivity contribution in [2.24, 2.45) is 0 Å². The molecule has 0 fully saturated rings. The number of fused-ring (bicyclic) bond motifs is 1. The van der Waals surface area contributed by atoms with Gasteiger partial charge < -0.3 is 9.64 Å². The standard InChI is InChI=1S/C18H19Cl2NO/c1-11-5-4-6-13(7-11)22-18-15-8-12(19)9-16(20)14(15)10-17(18)21(2)3/h4-9,17-18H,10H2,1-3H3/t17-,18-/m0/s1. The molecule has 1 aliphatic carbocycles. The molecular formula is C18H19Cl2NO. The maximum atomic E-state index is 6.38. The van der Waals surface area contributed by atoms with Crippen LogP contribution < -0.4 is 4.74 Å². The number of nitrogens with zero attached hydrogens (tertiary/aromatic N) is 1. The minimum atomic E-state index is -0.0667. The summed E-state index contributed by atoms with van der Waals surface area (Å²) in [5.41, 5.74) is 3.42. The van der Waals surface area contributed by atoms with Gasteiger partial charge in [0.1, 0.15) is 11.9 Å². The van der Waals surface area contributed by atoms with Gasteiger partial charge in [-0.1, -0.05) is 35.3 Å². The molecule has 2 aromatic rings. The Kier molecular flexibility index (Phi) is 4.35. The van der Waals surface area contributed by atoms with E-state index in [1.165, 1.54) is 5.56 Å². The zero-order chi connectivity index (χ0) is 15.9. The Balaban J connectivity index is 2.00. The van der Waals surface area contributed by atoms with Gasteiger partial charge in [0.05, 0.1) is 6.04 Å². The minimum Gasteiger partial charge on any atom is -0.484 e. The van der Waals surface area contributed by atoms with Gasteiger partial charge >= 0.3 is 0 Å². The first kappa shape index (κ1) is 15.7. The Bertz CT molecular complexity index is 699. The number of ether oxygens (including phenoxy) is 1. The van der Waals surface area contributed by atoms with Gasteiger partial charge in [0.2, 0.25) is 0 Å². The van der Waals surface area contributed by atoms with Gasteiger partial charge in [-0.3, -0.25) is 0 Å². The summed E-state index contributed by atoms with van der Waals surface area (Å²) < 4.78 is 6.31. The third-order valence-electron chi connectivity index (χ3n) is 4.18. The Morgan fingerprint density at radius 3 is 2.59 bits per heavy atom. The molecule has 1 aliphatic rings. The first-order chi connectivity index (χ1) is 10.5. The maximum absolute atomic E-state index is 6.38. The normalized spacial score (nSPS) is 20.3. The zero-order valence-corrected chi connectivity index (χ0v) is 14.4. The van der Waals surface area contributed by atoms with Gasteiger partial charge in [0, 0.05) is 15.6 Å². The van der Waals surface area contributed by atoms with Gasteiger partial charge in [-0.05, 0) is 62.8 Å². The minimum absolute atomic E-state index is 0.0667. The second kappa shape index (κ2) is 6.11. The van der Waals surface area contributed by atoms with Gasteiger partial charge in [-0.15, -0.1) is 0 Å². The molecule has 0 spiro atoms. The SMILES string of the molecule is Cc1cccc(O[C@H]2c3cc(Cl)cc(Cl)c3C[C@@H]2N(C)C)c1. The highest BCUT2D eigenvalue weighted by Crippen LogP contribution is 2.42. The van der Waals surface area contributed by atoms with Gasteiger partial charge in [0.15, 0.2) is 0 Å². The molecule has 0 bridgehead atoms. The largest absolute Gasteiger partial charge is 0.484 e. The average Bonchev–Trinajstić information content (AvgIpc) is 2.78. The van der Waals surface area contributed by atoms with Crippen LogP contribution >= 0.6 is 23.2 Å². The molecule has 0 unspecified atom stereocenters. The molecule has 0 aliphatic heterocycles. The first-order valence-corrected chi connectivity index (χ1v) is 8.09. The predicted octanol–water partition coefficient (Wildman–Crippen LogP) is 4.91. The van der Waals surface area contributed by atoms with Crippen molar-refractivity contribution in [3.8, 4) is 5.75 Å². The topological polar surface area (TPSA) is 12.5 Å². The van der Waals surface area contributed by atoms with Crippen molar-refractivity contribution in [3.63, 3.8) is 0 Å². The lowest BCUT2D eigenvalue weighted by Gasteiger charge is -2.27. The summed E-state index contributed by atoms with van der Waals surface area (Å²) in [4.78, 5) is 2.19. The first-order valence-electron chi connectivity index (χ1n) is 7.33. The molecule has 2 atom stereocenters. The lowest BCUT2D eigenvalue weighted by molar-refractivity contribution is 0.111. The summed E-state index contributed by atoms with van der Waals surface area (Å²) in [6.07, 6.45) is 0.803. The van der Waals surface area contributed by atoms with E-state index >= 15 is 0 Å². The summed E-state index contributed by atoms with van der Waals surface area (Å²) in [5.74, 6) is 0.876. The molecule has 0 aromatic heterocycles. The van der Waals surface area contributed by atoms with Crippen LogP contribution in [0.25, 0.3) is 0 Å². The van der Waals surface area contributed by atoms with Crippen LogP contribution in [0, 0.1) is 6.92 Å². The van der Waals surface area contributed by atoms with Crippen LogP contribution in [-0.2, 0) is 6.42 Å². The lowest BCUT2D eigenvalue weighted by atomic mass is 10.1. The third-order valence-corrected chi connectivity index (χ3v) is 4.74. The van der Waals surface area contributed by atoms with E-state index in [0.29, 0.717) is 5.02 Å². The molecule has 0 N–H and O–H groups in total. The van der Waals surface area contributed by atoms with E-state index in [0.717, 1.165) is 28.3 Å². The Hall–Kier alpha value is -1.22. The second-order valence-corrected chi connectivity index (χ2v) is 6.89. The Labute approximate surface area is 141 Å². The second-order valence-electron chi connectivity index (χ2n) is 6.05. The van der Waals surface area contributed by atoms with Crippen LogP contribution in [0.4, 0.5) is 0 Å². The van der Waals surface area contributed by atoms with Crippen molar-refractivity contribution in [3.05, 3.63) is 63.1 Å². The molecule has 116 valence electrons. The van der Waals surface area contributed by atoms with Crippen molar-refractivity contribution in [2.45, 2.75) is 25.5 Å². The van der Waals surface area contributed by atoms with E-state index in [4.69, 9.17) is 27.9 Å². The van der Waals surface area contributed by atoms with Crippen molar-refractivity contribution >= 4 is 23.2 Å². The summed E-state index contributed by atoms with van der Waals surface area (Å²) >= 11 is 12.6. The van der Waals surface area contributed by atoms with Crippen LogP contribution in [0.3, 0.4) is 0 Å². The predicted molar refractivity (Wildman–Crippen MR) is 92.2 cm³/mol. The van der Waals surface area contributed by atoms with E-state index in [1.54, 1.807) is 0 Å². The number of halogens is 2. The van der Waals surface area contributed by atoms with Gasteiger partial charge in [0.25, 0.3) is 0 Å². The van der Waals surface area contributed by atoms with Crippen LogP contribution in [-0.4, -0.2) is 25.0 Å². The van der Waals surface area contributed by atoms with Crippen LogP contribution in [0.1, 0.15) is 22.8 Å². The fraction of sp³-hybridized carbons (Fsp3) is 0.333. The van der Waals surface area contributed by atoms with Crippen molar-refractivity contribution < 1.29 is 4.74 Å². The molecule has 0 saturated carbocycles. The molecular weight excluding hydrogens is 317 g/mol. The highest BCUT2D eigenvalue weighted by atomic mass is 35.5. The summed E-state index contributed by atoms with van der Waals surface area (Å²) in [6, 6.07) is 12.1. The van der Waals surface area contributed by atoms with Crippen molar-refractivity contribution in [2.75, 3.05) is 14.1 Å². The molecule has 0 saturated heterocycles. The highest BCUT2D eigenvalue weighted by molar-refractivity contribution is 6.35. The van der Waals surface area contributed by atoms with Gasteiger partial charge in [-0.2, -0.15) is 0 Å². The number of rotatable bonds is 3. The van der Waals surface area contributed by atoms with Crippen molar-refractivity contribution in [1.82, 2.24) is 4.90 Å². The van der Waals surface area contributed by atoms with E-state index in [1.807, 2.05) is 24.3 Å². The monoisotopic (exact) mass is 335 g/mol. The fourth-order valence-electron chi connectivity index (χ4n) is 3.05. The quantitative estimate of drug-likeness (QED) is 0.790. The highest BCUT2D eigenvalue weighted by Gasteiger charge is 2.37. The van der Waals surface area contributed by atoms with Crippen LogP contribution in [0.5, 0.6) is 5.75 Å². The smallest absolute Gasteiger partial charge is 0.140 e. The molecule has 22 heavy (non-hydrogen) atoms. The molecule has 3 rings (SSSR count). The number of likely N-dealkylation sites (N-methyl/N-ethyl adjacent to an activating group) is 1. The third kappa shape index (κ3) is 2.96. The number of hydrogen-bond acceptors (Lipinski definition) is 2. The maximum Gasteiger partial charge on any atom is 0.140 e. The van der Waals surface area contributed by atoms with E-state index in [9.17, 15) is 0 Å². The van der Waals surface area contributed by atoms with Gasteiger partial charge in [-0.25, -0.2) is 0 Å². The Morgan fingerprint density at radius 2 is 1.91 bits per heavy atom. The average molecular weight is 336 g/mol. The summed E-state index contributed by atoms with van der Waals surface area (Å²) in [6.45, 7) is 2.06. The molecule has 0 radical (unpaired) electrons. The molecule has 2 aromatic carbocycles. The number of benzene rings is 2. The van der Waals surface area contributed by atoms with Crippen LogP contribution in [0.2, 0.25) is 10.0 Å². The number of aryl methyl sites for hydroxylation is 1. The van der Waals surface area contributed by atoms with E-state index in [2.05, 4.69) is 38.1 Å². The number of hydrogen-bond donors (Lipinski definition) is 0. The van der Waals surface area contributed by atoms with Crippen molar-refractivity contribution in [1.29, 1.82) is 0 Å². The van der Waals surface area contributed by atoms with E-state index < -0.39 is 0 Å². The molecule has 0 amide bonds. The summed E-state index contributed by atoms with van der Waals surface area (Å²) in [7, 11) is 4.14.